The van der Waals surface area contributed by atoms with Gasteiger partial charge in [-0.05, 0) is 37.1 Å². The number of rotatable bonds is 5. The van der Waals surface area contributed by atoms with E-state index < -0.39 is 0 Å². The topological polar surface area (TPSA) is 45.2 Å². The number of nitrogens with zero attached hydrogens (tertiary/aromatic N) is 2. The number of carbonyl (C=O) groups excluding carboxylic acids is 1. The summed E-state index contributed by atoms with van der Waals surface area (Å²) in [6, 6.07) is 13.8. The highest BCUT2D eigenvalue weighted by atomic mass is 16.2. The Labute approximate surface area is 124 Å². The molecule has 0 atom stereocenters. The number of pyridine rings is 1. The summed E-state index contributed by atoms with van der Waals surface area (Å²) in [5, 5.41) is 3.09. The molecule has 1 amide bonds. The fourth-order valence-corrected chi connectivity index (χ4v) is 2.46. The van der Waals surface area contributed by atoms with Crippen LogP contribution in [0.3, 0.4) is 0 Å². The summed E-state index contributed by atoms with van der Waals surface area (Å²) in [5.74, 6) is 0.0769. The number of aromatic nitrogens is 1. The lowest BCUT2D eigenvalue weighted by Crippen LogP contribution is -2.33. The summed E-state index contributed by atoms with van der Waals surface area (Å²) in [6.45, 7) is 0.572. The highest BCUT2D eigenvalue weighted by Gasteiger charge is 2.33. The molecule has 4 heteroatoms. The molecule has 0 bridgehead atoms. The summed E-state index contributed by atoms with van der Waals surface area (Å²) in [5.41, 5.74) is 2.52. The fraction of sp³-hybridized carbons (Fsp3) is 0.294. The van der Waals surface area contributed by atoms with Crippen LogP contribution in [-0.4, -0.2) is 28.9 Å². The molecule has 3 rings (SSSR count). The Kier molecular flexibility index (Phi) is 3.86. The molecular weight excluding hydrogens is 262 g/mol. The standard InChI is InChI=1S/C17H19N3O/c1-18-16-8-3-2-7-15(16)17(21)20(14-9-10-14)12-13-6-4-5-11-19-13/h2-8,11,14,18H,9-10,12H2,1H3. The summed E-state index contributed by atoms with van der Waals surface area (Å²) >= 11 is 0. The average Bonchev–Trinajstić information content (AvgIpc) is 3.37. The largest absolute Gasteiger partial charge is 0.387 e. The Morgan fingerprint density at radius 3 is 2.67 bits per heavy atom. The second-order valence-electron chi connectivity index (χ2n) is 5.28. The molecule has 1 aromatic carbocycles. The van der Waals surface area contributed by atoms with Gasteiger partial charge in [0.2, 0.25) is 0 Å². The maximum Gasteiger partial charge on any atom is 0.256 e. The van der Waals surface area contributed by atoms with Crippen molar-refractivity contribution in [3.05, 3.63) is 59.9 Å². The first-order valence-electron chi connectivity index (χ1n) is 7.27. The molecule has 21 heavy (non-hydrogen) atoms. The van der Waals surface area contributed by atoms with Crippen molar-refractivity contribution in [3.63, 3.8) is 0 Å². The molecule has 0 spiro atoms. The van der Waals surface area contributed by atoms with Gasteiger partial charge in [-0.1, -0.05) is 18.2 Å². The molecule has 0 radical (unpaired) electrons. The molecule has 1 aliphatic rings. The van der Waals surface area contributed by atoms with E-state index in [4.69, 9.17) is 0 Å². The number of benzene rings is 1. The van der Waals surface area contributed by atoms with Gasteiger partial charge in [-0.15, -0.1) is 0 Å². The second-order valence-corrected chi connectivity index (χ2v) is 5.28. The van der Waals surface area contributed by atoms with Gasteiger partial charge in [-0.3, -0.25) is 9.78 Å². The summed E-state index contributed by atoms with van der Waals surface area (Å²) in [6.07, 6.45) is 3.94. The third kappa shape index (κ3) is 3.05. The highest BCUT2D eigenvalue weighted by molar-refractivity contribution is 5.99. The van der Waals surface area contributed by atoms with Crippen molar-refractivity contribution in [2.24, 2.45) is 0 Å². The molecule has 108 valence electrons. The number of hydrogen-bond acceptors (Lipinski definition) is 3. The minimum Gasteiger partial charge on any atom is -0.387 e. The van der Waals surface area contributed by atoms with Crippen LogP contribution in [0, 0.1) is 0 Å². The van der Waals surface area contributed by atoms with Crippen molar-refractivity contribution in [2.75, 3.05) is 12.4 Å². The molecule has 0 aliphatic heterocycles. The smallest absolute Gasteiger partial charge is 0.256 e. The molecule has 1 saturated carbocycles. The Bertz CT molecular complexity index is 623. The SMILES string of the molecule is CNc1ccccc1C(=O)N(Cc1ccccn1)C1CC1. The third-order valence-corrected chi connectivity index (χ3v) is 3.73. The molecule has 1 fully saturated rings. The quantitative estimate of drug-likeness (QED) is 0.916. The summed E-state index contributed by atoms with van der Waals surface area (Å²) in [4.78, 5) is 19.1. The third-order valence-electron chi connectivity index (χ3n) is 3.73. The van der Waals surface area contributed by atoms with Crippen LogP contribution < -0.4 is 5.32 Å². The van der Waals surface area contributed by atoms with Crippen molar-refractivity contribution in [1.29, 1.82) is 0 Å². The van der Waals surface area contributed by atoms with E-state index in [2.05, 4.69) is 10.3 Å². The van der Waals surface area contributed by atoms with Gasteiger partial charge in [-0.25, -0.2) is 0 Å². The van der Waals surface area contributed by atoms with Crippen molar-refractivity contribution in [3.8, 4) is 0 Å². The van der Waals surface area contributed by atoms with Crippen LogP contribution in [-0.2, 0) is 6.54 Å². The molecule has 2 aromatic rings. The number of hydrogen-bond donors (Lipinski definition) is 1. The predicted octanol–water partition coefficient (Wildman–Crippen LogP) is 2.93. The van der Waals surface area contributed by atoms with Gasteiger partial charge in [0, 0.05) is 25.0 Å². The normalized spacial score (nSPS) is 13.8. The Balaban J connectivity index is 1.85. The number of amides is 1. The lowest BCUT2D eigenvalue weighted by Gasteiger charge is -2.23. The summed E-state index contributed by atoms with van der Waals surface area (Å²) in [7, 11) is 1.84. The molecular formula is C17H19N3O. The van der Waals surface area contributed by atoms with E-state index in [0.717, 1.165) is 29.8 Å². The van der Waals surface area contributed by atoms with Crippen LogP contribution in [0.4, 0.5) is 5.69 Å². The molecule has 1 aliphatic carbocycles. The number of anilines is 1. The molecule has 1 aromatic heterocycles. The van der Waals surface area contributed by atoms with E-state index in [1.54, 1.807) is 6.20 Å². The lowest BCUT2D eigenvalue weighted by molar-refractivity contribution is 0.0728. The molecule has 0 saturated heterocycles. The minimum absolute atomic E-state index is 0.0769. The van der Waals surface area contributed by atoms with Crippen LogP contribution in [0.1, 0.15) is 28.9 Å². The van der Waals surface area contributed by atoms with Gasteiger partial charge < -0.3 is 10.2 Å². The van der Waals surface area contributed by atoms with Crippen LogP contribution in [0.25, 0.3) is 0 Å². The van der Waals surface area contributed by atoms with Crippen molar-refractivity contribution in [1.82, 2.24) is 9.88 Å². The predicted molar refractivity (Wildman–Crippen MR) is 83.1 cm³/mol. The van der Waals surface area contributed by atoms with Crippen molar-refractivity contribution >= 4 is 11.6 Å². The fourth-order valence-electron chi connectivity index (χ4n) is 2.46. The van der Waals surface area contributed by atoms with Crippen LogP contribution in [0.15, 0.2) is 48.7 Å². The van der Waals surface area contributed by atoms with E-state index in [1.807, 2.05) is 54.4 Å². The minimum atomic E-state index is 0.0769. The summed E-state index contributed by atoms with van der Waals surface area (Å²) < 4.78 is 0. The highest BCUT2D eigenvalue weighted by Crippen LogP contribution is 2.30. The Morgan fingerprint density at radius 1 is 1.24 bits per heavy atom. The zero-order chi connectivity index (χ0) is 14.7. The van der Waals surface area contributed by atoms with E-state index in [1.165, 1.54) is 0 Å². The van der Waals surface area contributed by atoms with E-state index in [9.17, 15) is 4.79 Å². The number of nitrogens with one attached hydrogen (secondary N) is 1. The Morgan fingerprint density at radius 2 is 2.00 bits per heavy atom. The van der Waals surface area contributed by atoms with Gasteiger partial charge in [0.25, 0.3) is 5.91 Å². The zero-order valence-electron chi connectivity index (χ0n) is 12.1. The van der Waals surface area contributed by atoms with Crippen LogP contribution in [0.2, 0.25) is 0 Å². The maximum absolute atomic E-state index is 12.9. The lowest BCUT2D eigenvalue weighted by atomic mass is 10.1. The maximum atomic E-state index is 12.9. The Hall–Kier alpha value is -2.36. The monoisotopic (exact) mass is 281 g/mol. The zero-order valence-corrected chi connectivity index (χ0v) is 12.1. The number of para-hydroxylation sites is 1. The average molecular weight is 281 g/mol. The van der Waals surface area contributed by atoms with E-state index >= 15 is 0 Å². The van der Waals surface area contributed by atoms with Gasteiger partial charge in [0.1, 0.15) is 0 Å². The van der Waals surface area contributed by atoms with Gasteiger partial charge in [0.15, 0.2) is 0 Å². The number of carbonyl (C=O) groups is 1. The molecule has 1 heterocycles. The molecule has 1 N–H and O–H groups in total. The van der Waals surface area contributed by atoms with Crippen LogP contribution >= 0.6 is 0 Å². The molecule has 0 unspecified atom stereocenters. The first-order chi connectivity index (χ1) is 10.3. The van der Waals surface area contributed by atoms with Crippen molar-refractivity contribution in [2.45, 2.75) is 25.4 Å². The van der Waals surface area contributed by atoms with Gasteiger partial charge in [0.05, 0.1) is 17.8 Å². The van der Waals surface area contributed by atoms with Gasteiger partial charge >= 0.3 is 0 Å². The van der Waals surface area contributed by atoms with Crippen LogP contribution in [0.5, 0.6) is 0 Å². The first kappa shape index (κ1) is 13.6. The van der Waals surface area contributed by atoms with Gasteiger partial charge in [-0.2, -0.15) is 0 Å². The van der Waals surface area contributed by atoms with E-state index in [0.29, 0.717) is 12.6 Å². The van der Waals surface area contributed by atoms with E-state index in [-0.39, 0.29) is 5.91 Å². The van der Waals surface area contributed by atoms with Crippen molar-refractivity contribution < 1.29 is 4.79 Å². The molecule has 4 nitrogen and oxygen atoms in total. The second kappa shape index (κ2) is 5.95. The first-order valence-corrected chi connectivity index (χ1v) is 7.27.